The molecular weight excluding hydrogens is 464 g/mol. The molecule has 3 heterocycles. The number of halogens is 1. The number of pyridine rings is 1. The molecule has 1 amide bonds. The van der Waals surface area contributed by atoms with Gasteiger partial charge in [0.05, 0.1) is 11.7 Å². The number of carbonyl (C=O) groups is 1. The van der Waals surface area contributed by atoms with E-state index in [9.17, 15) is 4.79 Å². The fraction of sp³-hybridized carbons (Fsp3) is 0.192. The summed E-state index contributed by atoms with van der Waals surface area (Å²) in [5.74, 6) is 0.112. The van der Waals surface area contributed by atoms with Crippen molar-refractivity contribution in [2.45, 2.75) is 24.7 Å². The molecule has 0 bridgehead atoms. The predicted octanol–water partition coefficient (Wildman–Crippen LogP) is 5.42. The summed E-state index contributed by atoms with van der Waals surface area (Å²) in [5.41, 5.74) is 6.06. The van der Waals surface area contributed by atoms with Crippen LogP contribution in [0.4, 0.5) is 5.69 Å². The lowest BCUT2D eigenvalue weighted by Gasteiger charge is -2.35. The zero-order chi connectivity index (χ0) is 22.3. The minimum Gasteiger partial charge on any atom is -0.347 e. The smallest absolute Gasteiger partial charge is 0.227 e. The van der Waals surface area contributed by atoms with Gasteiger partial charge < -0.3 is 9.88 Å². The van der Waals surface area contributed by atoms with Crippen LogP contribution in [0.3, 0.4) is 0 Å². The number of nitrogens with one attached hydrogen (secondary N) is 1. The van der Waals surface area contributed by atoms with Crippen LogP contribution >= 0.6 is 15.9 Å². The van der Waals surface area contributed by atoms with Gasteiger partial charge in [-0.2, -0.15) is 0 Å². The second-order valence-electron chi connectivity index (χ2n) is 8.36. The molecular formula is C26H23BrN4O. The number of fused-ring (bicyclic) bond motifs is 1. The first-order chi connectivity index (χ1) is 15.5. The van der Waals surface area contributed by atoms with Crippen molar-refractivity contribution in [3.05, 3.63) is 112 Å². The molecule has 2 atom stereocenters. The van der Waals surface area contributed by atoms with Gasteiger partial charge in [-0.1, -0.05) is 40.2 Å². The van der Waals surface area contributed by atoms with E-state index < -0.39 is 5.41 Å². The second-order valence-corrected chi connectivity index (χ2v) is 9.28. The van der Waals surface area contributed by atoms with Crippen LogP contribution in [0, 0.1) is 0 Å². The minimum absolute atomic E-state index is 0.00910. The molecule has 2 unspecified atom stereocenters. The Kier molecular flexibility index (Phi) is 5.18. The first kappa shape index (κ1) is 20.6. The molecule has 5 rings (SSSR count). The van der Waals surface area contributed by atoms with Gasteiger partial charge in [0.15, 0.2) is 0 Å². The van der Waals surface area contributed by atoms with Gasteiger partial charge in [0, 0.05) is 53.8 Å². The molecule has 0 spiro atoms. The number of aromatic nitrogens is 3. The van der Waals surface area contributed by atoms with E-state index in [2.05, 4.69) is 74.2 Å². The predicted molar refractivity (Wildman–Crippen MR) is 129 cm³/mol. The van der Waals surface area contributed by atoms with Gasteiger partial charge in [0.25, 0.3) is 0 Å². The van der Waals surface area contributed by atoms with E-state index in [-0.39, 0.29) is 11.8 Å². The van der Waals surface area contributed by atoms with Gasteiger partial charge in [-0.05, 0) is 59.5 Å². The molecule has 0 fully saturated rings. The van der Waals surface area contributed by atoms with E-state index in [1.807, 2.05) is 31.4 Å². The van der Waals surface area contributed by atoms with Crippen LogP contribution in [0.1, 0.15) is 47.2 Å². The molecule has 0 radical (unpaired) electrons. The molecule has 160 valence electrons. The van der Waals surface area contributed by atoms with Crippen LogP contribution in [-0.2, 0) is 10.2 Å². The van der Waals surface area contributed by atoms with E-state index in [0.717, 1.165) is 38.1 Å². The van der Waals surface area contributed by atoms with E-state index in [1.165, 1.54) is 0 Å². The van der Waals surface area contributed by atoms with Gasteiger partial charge >= 0.3 is 0 Å². The summed E-state index contributed by atoms with van der Waals surface area (Å²) < 4.78 is 1.03. The van der Waals surface area contributed by atoms with Crippen LogP contribution < -0.4 is 4.90 Å². The van der Waals surface area contributed by atoms with Crippen LogP contribution in [0.2, 0.25) is 0 Å². The topological polar surface area (TPSA) is 61.9 Å². The highest BCUT2D eigenvalue weighted by Crippen LogP contribution is 2.44. The highest BCUT2D eigenvalue weighted by atomic mass is 79.9. The third-order valence-corrected chi connectivity index (χ3v) is 7.14. The van der Waals surface area contributed by atoms with Crippen molar-refractivity contribution in [2.24, 2.45) is 0 Å². The highest BCUT2D eigenvalue weighted by molar-refractivity contribution is 9.10. The number of nitrogens with zero attached hydrogens (tertiary/aromatic N) is 3. The second kappa shape index (κ2) is 8.02. The summed E-state index contributed by atoms with van der Waals surface area (Å²) in [5, 5.41) is 0. The highest BCUT2D eigenvalue weighted by Gasteiger charge is 2.36. The van der Waals surface area contributed by atoms with Crippen molar-refractivity contribution in [1.29, 1.82) is 0 Å². The Bertz CT molecular complexity index is 1270. The van der Waals surface area contributed by atoms with Gasteiger partial charge in [-0.3, -0.25) is 9.78 Å². The first-order valence-corrected chi connectivity index (χ1v) is 11.3. The van der Waals surface area contributed by atoms with Gasteiger partial charge in [0.2, 0.25) is 5.91 Å². The molecule has 6 heteroatoms. The molecule has 1 aliphatic heterocycles. The largest absolute Gasteiger partial charge is 0.347 e. The molecule has 1 aliphatic rings. The summed E-state index contributed by atoms with van der Waals surface area (Å²) >= 11 is 3.63. The zero-order valence-corrected chi connectivity index (χ0v) is 19.5. The Morgan fingerprint density at radius 1 is 1.06 bits per heavy atom. The van der Waals surface area contributed by atoms with E-state index in [0.29, 0.717) is 6.42 Å². The molecule has 2 aromatic carbocycles. The normalized spacial score (nSPS) is 17.7. The zero-order valence-electron chi connectivity index (χ0n) is 17.9. The van der Waals surface area contributed by atoms with Gasteiger partial charge in [-0.15, -0.1) is 0 Å². The summed E-state index contributed by atoms with van der Waals surface area (Å²) in [6.07, 6.45) is 7.62. The third kappa shape index (κ3) is 3.35. The van der Waals surface area contributed by atoms with Crippen molar-refractivity contribution in [2.75, 3.05) is 11.9 Å². The Hall–Kier alpha value is -3.25. The molecule has 0 saturated carbocycles. The number of amides is 1. The van der Waals surface area contributed by atoms with E-state index >= 15 is 0 Å². The van der Waals surface area contributed by atoms with Gasteiger partial charge in [0.1, 0.15) is 0 Å². The van der Waals surface area contributed by atoms with E-state index in [4.69, 9.17) is 0 Å². The first-order valence-electron chi connectivity index (χ1n) is 10.5. The Labute approximate surface area is 195 Å². The van der Waals surface area contributed by atoms with Crippen molar-refractivity contribution in [3.8, 4) is 0 Å². The minimum atomic E-state index is -0.446. The van der Waals surface area contributed by atoms with Crippen LogP contribution in [0.25, 0.3) is 0 Å². The molecule has 32 heavy (non-hydrogen) atoms. The molecule has 1 N–H and O–H groups in total. The number of rotatable bonds is 4. The standard InChI is InChI=1S/C26H23BrN4O/c1-26(24-15-29-16-30-24,18-4-3-5-20(27)12-18)19-6-7-23-22(13-19)21(14-25(32)31(23)2)17-8-10-28-11-9-17/h3-13,15-16,21H,14H2,1-2H3,(H,29,30). The monoisotopic (exact) mass is 486 g/mol. The van der Waals surface area contributed by atoms with Gasteiger partial charge in [-0.25, -0.2) is 4.98 Å². The third-order valence-electron chi connectivity index (χ3n) is 6.64. The van der Waals surface area contributed by atoms with Crippen LogP contribution in [0.5, 0.6) is 0 Å². The lowest BCUT2D eigenvalue weighted by molar-refractivity contribution is -0.118. The Balaban J connectivity index is 1.72. The summed E-state index contributed by atoms with van der Waals surface area (Å²) in [6.45, 7) is 2.21. The number of carbonyl (C=O) groups excluding carboxylic acids is 1. The Morgan fingerprint density at radius 3 is 2.56 bits per heavy atom. The molecule has 4 aromatic rings. The lowest BCUT2D eigenvalue weighted by Crippen LogP contribution is -2.34. The number of imidazole rings is 1. The average Bonchev–Trinajstić information content (AvgIpc) is 3.37. The molecule has 0 saturated heterocycles. The number of aromatic amines is 1. The number of H-pyrrole nitrogens is 1. The maximum atomic E-state index is 12.8. The summed E-state index contributed by atoms with van der Waals surface area (Å²) in [6, 6.07) is 18.8. The number of hydrogen-bond acceptors (Lipinski definition) is 3. The number of hydrogen-bond donors (Lipinski definition) is 1. The van der Waals surface area contributed by atoms with Crippen molar-refractivity contribution in [1.82, 2.24) is 15.0 Å². The average molecular weight is 487 g/mol. The maximum absolute atomic E-state index is 12.8. The molecule has 2 aromatic heterocycles. The van der Waals surface area contributed by atoms with Crippen LogP contribution in [-0.4, -0.2) is 27.9 Å². The number of benzene rings is 2. The Morgan fingerprint density at radius 2 is 1.84 bits per heavy atom. The fourth-order valence-electron chi connectivity index (χ4n) is 4.71. The summed E-state index contributed by atoms with van der Waals surface area (Å²) in [7, 11) is 1.85. The quantitative estimate of drug-likeness (QED) is 0.418. The van der Waals surface area contributed by atoms with E-state index in [1.54, 1.807) is 23.6 Å². The maximum Gasteiger partial charge on any atom is 0.227 e. The van der Waals surface area contributed by atoms with Crippen LogP contribution in [0.15, 0.2) is 84.0 Å². The van der Waals surface area contributed by atoms with Crippen molar-refractivity contribution < 1.29 is 4.79 Å². The SMILES string of the molecule is CN1C(=O)CC(c2ccncc2)c2cc(C(C)(c3cccc(Br)c3)c3cnc[nH]3)ccc21. The van der Waals surface area contributed by atoms with Crippen molar-refractivity contribution >= 4 is 27.5 Å². The lowest BCUT2D eigenvalue weighted by atomic mass is 9.72. The summed E-state index contributed by atoms with van der Waals surface area (Å²) in [4.78, 5) is 26.3. The fourth-order valence-corrected chi connectivity index (χ4v) is 5.10. The molecule has 0 aliphatic carbocycles. The van der Waals surface area contributed by atoms with Crippen molar-refractivity contribution in [3.63, 3.8) is 0 Å². The molecule has 5 nitrogen and oxygen atoms in total. The number of anilines is 1.